The van der Waals surface area contributed by atoms with Crippen LogP contribution in [0.2, 0.25) is 0 Å². The molecule has 1 N–H and O–H groups in total. The molecule has 0 saturated heterocycles. The number of rotatable bonds is 6. The third-order valence-corrected chi connectivity index (χ3v) is 4.23. The van der Waals surface area contributed by atoms with Crippen molar-refractivity contribution in [1.29, 1.82) is 0 Å². The van der Waals surface area contributed by atoms with Crippen molar-refractivity contribution in [3.63, 3.8) is 0 Å². The first-order valence-corrected chi connectivity index (χ1v) is 8.52. The molecule has 1 aromatic rings. The summed E-state index contributed by atoms with van der Waals surface area (Å²) in [5.74, 6) is 0.514. The summed E-state index contributed by atoms with van der Waals surface area (Å²) in [6, 6.07) is 7.24. The average molecular weight is 334 g/mol. The second-order valence-corrected chi connectivity index (χ2v) is 5.96. The molecule has 0 unspecified atom stereocenters. The Hall–Kier alpha value is -2.24. The Morgan fingerprint density at radius 3 is 2.71 bits per heavy atom. The summed E-state index contributed by atoms with van der Waals surface area (Å²) in [5, 5.41) is 2.61. The van der Waals surface area contributed by atoms with Crippen molar-refractivity contribution in [3.8, 4) is 5.75 Å². The number of ether oxygens (including phenoxy) is 2. The van der Waals surface area contributed by atoms with Gasteiger partial charge in [-0.2, -0.15) is 0 Å². The number of hydrogen-bond donors (Lipinski definition) is 1. The van der Waals surface area contributed by atoms with E-state index in [2.05, 4.69) is 5.32 Å². The highest BCUT2D eigenvalue weighted by Crippen LogP contribution is 2.22. The van der Waals surface area contributed by atoms with E-state index in [0.717, 1.165) is 12.8 Å². The van der Waals surface area contributed by atoms with Gasteiger partial charge in [-0.15, -0.1) is 0 Å². The minimum absolute atomic E-state index is 0.00411. The number of carbonyl (C=O) groups excluding carboxylic acids is 2. The zero-order valence-corrected chi connectivity index (χ0v) is 14.4. The smallest absolute Gasteiger partial charge is 0.411 e. The number of nitrogens with zero attached hydrogens (tertiary/aromatic N) is 1. The second kappa shape index (κ2) is 9.15. The quantitative estimate of drug-likeness (QED) is 0.865. The van der Waals surface area contributed by atoms with Crippen molar-refractivity contribution >= 4 is 17.7 Å². The molecule has 6 heteroatoms. The Morgan fingerprint density at radius 2 is 2.00 bits per heavy atom. The van der Waals surface area contributed by atoms with Crippen molar-refractivity contribution in [3.05, 3.63) is 24.3 Å². The van der Waals surface area contributed by atoms with Crippen molar-refractivity contribution in [1.82, 2.24) is 4.90 Å². The van der Waals surface area contributed by atoms with E-state index >= 15 is 0 Å². The SMILES string of the molecule is CCOC(=O)Nc1cccc(OCC(=O)N(C)C2CCCCC2)c1. The average Bonchev–Trinajstić information content (AvgIpc) is 2.60. The lowest BCUT2D eigenvalue weighted by atomic mass is 9.94. The topological polar surface area (TPSA) is 67.9 Å². The lowest BCUT2D eigenvalue weighted by Crippen LogP contribution is -2.40. The third kappa shape index (κ3) is 5.44. The van der Waals surface area contributed by atoms with E-state index < -0.39 is 6.09 Å². The number of hydrogen-bond acceptors (Lipinski definition) is 4. The van der Waals surface area contributed by atoms with Gasteiger partial charge in [-0.05, 0) is 31.9 Å². The van der Waals surface area contributed by atoms with Crippen LogP contribution < -0.4 is 10.1 Å². The van der Waals surface area contributed by atoms with E-state index in [1.807, 2.05) is 7.05 Å². The molecule has 0 radical (unpaired) electrons. The largest absolute Gasteiger partial charge is 0.484 e. The van der Waals surface area contributed by atoms with E-state index in [1.54, 1.807) is 36.1 Å². The number of benzene rings is 1. The van der Waals surface area contributed by atoms with E-state index in [-0.39, 0.29) is 12.5 Å². The molecule has 1 aliphatic carbocycles. The van der Waals surface area contributed by atoms with Crippen LogP contribution >= 0.6 is 0 Å². The Labute approximate surface area is 143 Å². The highest BCUT2D eigenvalue weighted by Gasteiger charge is 2.22. The molecule has 2 amide bonds. The van der Waals surface area contributed by atoms with Gasteiger partial charge in [0, 0.05) is 24.8 Å². The maximum Gasteiger partial charge on any atom is 0.411 e. The van der Waals surface area contributed by atoms with Crippen LogP contribution in [0, 0.1) is 0 Å². The van der Waals surface area contributed by atoms with Crippen LogP contribution in [0.1, 0.15) is 39.0 Å². The van der Waals surface area contributed by atoms with E-state index in [0.29, 0.717) is 24.1 Å². The third-order valence-electron chi connectivity index (χ3n) is 4.23. The number of nitrogens with one attached hydrogen (secondary N) is 1. The lowest BCUT2D eigenvalue weighted by Gasteiger charge is -2.31. The van der Waals surface area contributed by atoms with Gasteiger partial charge < -0.3 is 14.4 Å². The van der Waals surface area contributed by atoms with Crippen LogP contribution in [0.5, 0.6) is 5.75 Å². The summed E-state index contributed by atoms with van der Waals surface area (Å²) in [6.45, 7) is 2.05. The van der Waals surface area contributed by atoms with Crippen molar-refractivity contribution in [2.45, 2.75) is 45.1 Å². The first-order chi connectivity index (χ1) is 11.6. The maximum absolute atomic E-state index is 12.3. The first-order valence-electron chi connectivity index (χ1n) is 8.52. The maximum atomic E-state index is 12.3. The van der Waals surface area contributed by atoms with Crippen molar-refractivity contribution in [2.24, 2.45) is 0 Å². The number of likely N-dealkylation sites (N-methyl/N-ethyl adjacent to an activating group) is 1. The van der Waals surface area contributed by atoms with E-state index in [4.69, 9.17) is 9.47 Å². The van der Waals surface area contributed by atoms with Gasteiger partial charge in [0.15, 0.2) is 6.61 Å². The molecule has 1 aromatic carbocycles. The zero-order chi connectivity index (χ0) is 17.4. The molecule has 0 atom stereocenters. The fraction of sp³-hybridized carbons (Fsp3) is 0.556. The molecule has 1 saturated carbocycles. The molecule has 2 rings (SSSR count). The van der Waals surface area contributed by atoms with Gasteiger partial charge in [0.2, 0.25) is 0 Å². The molecule has 0 heterocycles. The molecule has 132 valence electrons. The van der Waals surface area contributed by atoms with Gasteiger partial charge in [-0.1, -0.05) is 25.3 Å². The fourth-order valence-electron chi connectivity index (χ4n) is 2.87. The van der Waals surface area contributed by atoms with Gasteiger partial charge in [0.25, 0.3) is 5.91 Å². The minimum Gasteiger partial charge on any atom is -0.484 e. The monoisotopic (exact) mass is 334 g/mol. The first kappa shape index (κ1) is 18.1. The van der Waals surface area contributed by atoms with Crippen LogP contribution in [-0.2, 0) is 9.53 Å². The standard InChI is InChI=1S/C18H26N2O4/c1-3-23-18(22)19-14-8-7-11-16(12-14)24-13-17(21)20(2)15-9-5-4-6-10-15/h7-8,11-12,15H,3-6,9-10,13H2,1-2H3,(H,19,22). The van der Waals surface area contributed by atoms with Crippen LogP contribution in [-0.4, -0.2) is 43.2 Å². The summed E-state index contributed by atoms with van der Waals surface area (Å²) in [4.78, 5) is 25.5. The summed E-state index contributed by atoms with van der Waals surface area (Å²) in [6.07, 6.45) is 5.26. The zero-order valence-electron chi connectivity index (χ0n) is 14.4. The van der Waals surface area contributed by atoms with Gasteiger partial charge in [0.1, 0.15) is 5.75 Å². The molecule has 0 aliphatic heterocycles. The number of anilines is 1. The predicted octanol–water partition coefficient (Wildman–Crippen LogP) is 3.42. The highest BCUT2D eigenvalue weighted by atomic mass is 16.5. The van der Waals surface area contributed by atoms with E-state index in [1.165, 1.54) is 19.3 Å². The molecule has 6 nitrogen and oxygen atoms in total. The second-order valence-electron chi connectivity index (χ2n) is 5.96. The van der Waals surface area contributed by atoms with Crippen LogP contribution in [0.3, 0.4) is 0 Å². The van der Waals surface area contributed by atoms with E-state index in [9.17, 15) is 9.59 Å². The molecular weight excluding hydrogens is 308 g/mol. The minimum atomic E-state index is -0.511. The molecule has 1 aliphatic rings. The molecule has 1 fully saturated rings. The Kier molecular flexibility index (Phi) is 6.90. The number of amides is 2. The predicted molar refractivity (Wildman–Crippen MR) is 92.2 cm³/mol. The summed E-state index contributed by atoms with van der Waals surface area (Å²) in [5.41, 5.74) is 0.569. The summed E-state index contributed by atoms with van der Waals surface area (Å²) >= 11 is 0. The van der Waals surface area contributed by atoms with Crippen LogP contribution in [0.4, 0.5) is 10.5 Å². The van der Waals surface area contributed by atoms with Gasteiger partial charge >= 0.3 is 6.09 Å². The van der Waals surface area contributed by atoms with Gasteiger partial charge in [0.05, 0.1) is 6.61 Å². The van der Waals surface area contributed by atoms with Crippen molar-refractivity contribution < 1.29 is 19.1 Å². The Balaban J connectivity index is 1.84. The highest BCUT2D eigenvalue weighted by molar-refractivity contribution is 5.84. The molecule has 24 heavy (non-hydrogen) atoms. The Bertz CT molecular complexity index is 556. The Morgan fingerprint density at radius 1 is 1.25 bits per heavy atom. The fourth-order valence-corrected chi connectivity index (χ4v) is 2.87. The molecule has 0 aromatic heterocycles. The number of carbonyl (C=O) groups is 2. The van der Waals surface area contributed by atoms with Crippen LogP contribution in [0.25, 0.3) is 0 Å². The normalized spacial score (nSPS) is 14.8. The molecular formula is C18H26N2O4. The molecule has 0 bridgehead atoms. The van der Waals surface area contributed by atoms with Crippen LogP contribution in [0.15, 0.2) is 24.3 Å². The lowest BCUT2D eigenvalue weighted by molar-refractivity contribution is -0.134. The summed E-state index contributed by atoms with van der Waals surface area (Å²) in [7, 11) is 1.85. The molecule has 0 spiro atoms. The van der Waals surface area contributed by atoms with Crippen molar-refractivity contribution in [2.75, 3.05) is 25.6 Å². The summed E-state index contributed by atoms with van der Waals surface area (Å²) < 4.78 is 10.4. The van der Waals surface area contributed by atoms with Gasteiger partial charge in [-0.3, -0.25) is 10.1 Å². The van der Waals surface area contributed by atoms with Gasteiger partial charge in [-0.25, -0.2) is 4.79 Å².